The molecule has 0 aliphatic carbocycles. The van der Waals surface area contributed by atoms with Crippen LogP contribution in [0.5, 0.6) is 0 Å². The van der Waals surface area contributed by atoms with E-state index in [9.17, 15) is 14.7 Å². The molecule has 5 nitrogen and oxygen atoms in total. The van der Waals surface area contributed by atoms with Gasteiger partial charge in [0.25, 0.3) is 0 Å². The minimum absolute atomic E-state index is 0.0622. The molecule has 4 rings (SSSR count). The second-order valence-corrected chi connectivity index (χ2v) is 7.26. The predicted octanol–water partition coefficient (Wildman–Crippen LogP) is 5.04. The predicted molar refractivity (Wildman–Crippen MR) is 118 cm³/mol. The Morgan fingerprint density at radius 1 is 1.03 bits per heavy atom. The highest BCUT2D eigenvalue weighted by Crippen LogP contribution is 2.38. The third-order valence-electron chi connectivity index (χ3n) is 5.19. The Kier molecular flexibility index (Phi) is 4.59. The summed E-state index contributed by atoms with van der Waals surface area (Å²) in [6, 6.07) is 14.6. The highest BCUT2D eigenvalue weighted by molar-refractivity contribution is 6.13. The van der Waals surface area contributed by atoms with Gasteiger partial charge in [0.15, 0.2) is 5.43 Å². The summed E-state index contributed by atoms with van der Waals surface area (Å²) < 4.78 is 6.33. The summed E-state index contributed by atoms with van der Waals surface area (Å²) in [6.45, 7) is 1.85. The first-order valence-corrected chi connectivity index (χ1v) is 9.37. The molecule has 0 saturated heterocycles. The molecule has 1 N–H and O–H groups in total. The lowest BCUT2D eigenvalue weighted by molar-refractivity contribution is -0.135. The topological polar surface area (TPSA) is 70.8 Å². The molecule has 5 heteroatoms. The summed E-state index contributed by atoms with van der Waals surface area (Å²) in [5.41, 5.74) is 3.81. The normalized spacial score (nSPS) is 12.0. The number of hydrogen-bond acceptors (Lipinski definition) is 4. The average molecular weight is 387 g/mol. The van der Waals surface area contributed by atoms with Crippen molar-refractivity contribution in [2.24, 2.45) is 0 Å². The lowest BCUT2D eigenvalue weighted by Gasteiger charge is -2.17. The minimum Gasteiger partial charge on any atom is -0.481 e. The largest absolute Gasteiger partial charge is 0.481 e. The van der Waals surface area contributed by atoms with Gasteiger partial charge < -0.3 is 14.4 Å². The standard InChI is InChI=1S/C24H21NO4/c1-4-14(12-22(27)28)23-19-9-6-16(25(2)3)13-21(19)29-24-18-10-7-17(26)11-15(18)5-8-20(23)24/h4-11,13H,12H2,1-3H3,(H,27,28)/b14-4+. The van der Waals surface area contributed by atoms with Crippen molar-refractivity contribution in [3.05, 3.63) is 70.4 Å². The van der Waals surface area contributed by atoms with E-state index in [1.54, 1.807) is 12.1 Å². The molecular formula is C24H21NO4. The Bertz CT molecular complexity index is 1360. The van der Waals surface area contributed by atoms with Gasteiger partial charge in [-0.1, -0.05) is 12.1 Å². The van der Waals surface area contributed by atoms with Crippen molar-refractivity contribution in [3.63, 3.8) is 0 Å². The maximum absolute atomic E-state index is 11.8. The molecule has 146 valence electrons. The van der Waals surface area contributed by atoms with E-state index in [1.807, 2.05) is 62.3 Å². The monoisotopic (exact) mass is 387 g/mol. The average Bonchev–Trinajstić information content (AvgIpc) is 2.69. The molecule has 1 aromatic heterocycles. The Balaban J connectivity index is 2.19. The van der Waals surface area contributed by atoms with Gasteiger partial charge in [-0.25, -0.2) is 0 Å². The molecule has 0 unspecified atom stereocenters. The number of benzene rings is 3. The number of nitrogens with zero attached hydrogens (tertiary/aromatic N) is 1. The fourth-order valence-electron chi connectivity index (χ4n) is 3.77. The first kappa shape index (κ1) is 18.7. The van der Waals surface area contributed by atoms with E-state index in [4.69, 9.17) is 4.42 Å². The fourth-order valence-corrected chi connectivity index (χ4v) is 3.77. The van der Waals surface area contributed by atoms with Crippen LogP contribution in [0.25, 0.3) is 38.3 Å². The van der Waals surface area contributed by atoms with E-state index in [1.165, 1.54) is 6.07 Å². The van der Waals surface area contributed by atoms with Crippen LogP contribution in [0.1, 0.15) is 18.9 Å². The lowest BCUT2D eigenvalue weighted by Crippen LogP contribution is -2.08. The second kappa shape index (κ2) is 7.09. The molecule has 0 fully saturated rings. The Hall–Kier alpha value is -3.60. The molecule has 3 aromatic carbocycles. The summed E-state index contributed by atoms with van der Waals surface area (Å²) in [7, 11) is 3.91. The quantitative estimate of drug-likeness (QED) is 0.392. The highest BCUT2D eigenvalue weighted by atomic mass is 16.4. The highest BCUT2D eigenvalue weighted by Gasteiger charge is 2.18. The molecule has 0 atom stereocenters. The van der Waals surface area contributed by atoms with Crippen LogP contribution in [0.3, 0.4) is 0 Å². The van der Waals surface area contributed by atoms with Gasteiger partial charge in [0.1, 0.15) is 11.2 Å². The van der Waals surface area contributed by atoms with E-state index in [-0.39, 0.29) is 11.8 Å². The first-order valence-electron chi connectivity index (χ1n) is 9.37. The van der Waals surface area contributed by atoms with Crippen molar-refractivity contribution >= 4 is 49.9 Å². The number of carboxylic acid groups (broad SMARTS) is 1. The third-order valence-corrected chi connectivity index (χ3v) is 5.19. The van der Waals surface area contributed by atoms with Gasteiger partial charge in [-0.3, -0.25) is 9.59 Å². The zero-order chi connectivity index (χ0) is 20.7. The maximum Gasteiger partial charge on any atom is 0.307 e. The zero-order valence-electron chi connectivity index (χ0n) is 16.5. The zero-order valence-corrected chi connectivity index (χ0v) is 16.5. The molecule has 0 spiro atoms. The summed E-state index contributed by atoms with van der Waals surface area (Å²) in [5, 5.41) is 12.7. The number of allylic oxidation sites excluding steroid dienone is 1. The van der Waals surface area contributed by atoms with Crippen LogP contribution in [-0.4, -0.2) is 25.2 Å². The Labute approximate surface area is 167 Å². The van der Waals surface area contributed by atoms with Crippen LogP contribution in [0.4, 0.5) is 5.69 Å². The summed E-state index contributed by atoms with van der Waals surface area (Å²) >= 11 is 0. The molecule has 0 radical (unpaired) electrons. The number of carboxylic acids is 1. The molecule has 0 aliphatic heterocycles. The minimum atomic E-state index is -0.887. The van der Waals surface area contributed by atoms with E-state index >= 15 is 0 Å². The number of aliphatic carboxylic acids is 1. The van der Waals surface area contributed by atoms with Crippen molar-refractivity contribution in [3.8, 4) is 0 Å². The Morgan fingerprint density at radius 3 is 2.45 bits per heavy atom. The van der Waals surface area contributed by atoms with Crippen molar-refractivity contribution in [2.75, 3.05) is 19.0 Å². The van der Waals surface area contributed by atoms with Crippen molar-refractivity contribution in [1.29, 1.82) is 0 Å². The fraction of sp³-hybridized carbons (Fsp3) is 0.167. The van der Waals surface area contributed by atoms with Crippen molar-refractivity contribution in [1.82, 2.24) is 0 Å². The molecule has 4 aromatic rings. The molecular weight excluding hydrogens is 366 g/mol. The van der Waals surface area contributed by atoms with Gasteiger partial charge in [0.05, 0.1) is 6.42 Å². The van der Waals surface area contributed by atoms with Gasteiger partial charge in [-0.05, 0) is 59.8 Å². The SMILES string of the molecule is C/C=C(\CC(=O)O)c1c2ccc(N(C)C)cc2oc2c1ccc1cc(=O)ccc12. The Morgan fingerprint density at radius 2 is 1.76 bits per heavy atom. The number of hydrogen-bond donors (Lipinski definition) is 1. The molecule has 0 amide bonds. The van der Waals surface area contributed by atoms with Crippen LogP contribution < -0.4 is 10.3 Å². The number of rotatable bonds is 4. The summed E-state index contributed by atoms with van der Waals surface area (Å²) in [6.07, 6.45) is 1.75. The summed E-state index contributed by atoms with van der Waals surface area (Å²) in [5.74, 6) is -0.887. The van der Waals surface area contributed by atoms with E-state index in [0.717, 1.165) is 38.4 Å². The second-order valence-electron chi connectivity index (χ2n) is 7.26. The van der Waals surface area contributed by atoms with Crippen LogP contribution >= 0.6 is 0 Å². The van der Waals surface area contributed by atoms with Gasteiger partial charge in [-0.2, -0.15) is 0 Å². The van der Waals surface area contributed by atoms with E-state index < -0.39 is 5.97 Å². The van der Waals surface area contributed by atoms with Gasteiger partial charge in [0.2, 0.25) is 0 Å². The van der Waals surface area contributed by atoms with Crippen LogP contribution in [0, 0.1) is 0 Å². The lowest BCUT2D eigenvalue weighted by atomic mass is 9.93. The molecule has 0 saturated carbocycles. The van der Waals surface area contributed by atoms with Crippen molar-refractivity contribution < 1.29 is 14.3 Å². The molecule has 0 aliphatic rings. The van der Waals surface area contributed by atoms with Gasteiger partial charge >= 0.3 is 5.97 Å². The first-order chi connectivity index (χ1) is 13.9. The third kappa shape index (κ3) is 3.25. The number of fused-ring (bicyclic) bond motifs is 4. The van der Waals surface area contributed by atoms with Gasteiger partial charge in [0, 0.05) is 42.0 Å². The smallest absolute Gasteiger partial charge is 0.307 e. The van der Waals surface area contributed by atoms with Crippen LogP contribution in [0.2, 0.25) is 0 Å². The number of carbonyl (C=O) groups is 1. The summed E-state index contributed by atoms with van der Waals surface area (Å²) in [4.78, 5) is 25.3. The molecule has 0 bridgehead atoms. The van der Waals surface area contributed by atoms with Gasteiger partial charge in [-0.15, -0.1) is 0 Å². The van der Waals surface area contributed by atoms with Crippen molar-refractivity contribution in [2.45, 2.75) is 13.3 Å². The number of anilines is 1. The van der Waals surface area contributed by atoms with E-state index in [2.05, 4.69) is 0 Å². The molecule has 29 heavy (non-hydrogen) atoms. The van der Waals surface area contributed by atoms with Crippen LogP contribution in [-0.2, 0) is 4.79 Å². The van der Waals surface area contributed by atoms with Crippen LogP contribution in [0.15, 0.2) is 63.8 Å². The van der Waals surface area contributed by atoms with E-state index in [0.29, 0.717) is 11.2 Å². The molecule has 1 heterocycles. The maximum atomic E-state index is 11.8.